The fourth-order valence-corrected chi connectivity index (χ4v) is 2.37. The number of likely N-dealkylation sites (N-methyl/N-ethyl adjacent to an activating group) is 1. The summed E-state index contributed by atoms with van der Waals surface area (Å²) in [7, 11) is 0. The lowest BCUT2D eigenvalue weighted by atomic mass is 9.93. The normalized spacial score (nSPS) is 14.6. The molecule has 1 aromatic heterocycles. The standard InChI is InChI=1S/C14H24ClN3O/c1-5-17-12(13(9(3)4)19-6-2)11-7-10(15)8-18-14(11)16/h7-9,12-13,17H,5-6H2,1-4H3,(H2,16,18). The van der Waals surface area contributed by atoms with E-state index < -0.39 is 0 Å². The van der Waals surface area contributed by atoms with Gasteiger partial charge in [0.2, 0.25) is 0 Å². The van der Waals surface area contributed by atoms with Gasteiger partial charge in [-0.3, -0.25) is 0 Å². The van der Waals surface area contributed by atoms with Gasteiger partial charge in [-0.15, -0.1) is 0 Å². The Morgan fingerprint density at radius 3 is 2.63 bits per heavy atom. The van der Waals surface area contributed by atoms with Crippen LogP contribution in [0.2, 0.25) is 5.02 Å². The molecular formula is C14H24ClN3O. The third kappa shape index (κ3) is 4.34. The number of hydrogen-bond donors (Lipinski definition) is 2. The van der Waals surface area contributed by atoms with Crippen LogP contribution in [0.4, 0.5) is 5.82 Å². The zero-order valence-corrected chi connectivity index (χ0v) is 12.9. The highest BCUT2D eigenvalue weighted by Crippen LogP contribution is 2.29. The first-order valence-electron chi connectivity index (χ1n) is 6.77. The predicted octanol–water partition coefficient (Wildman–Crippen LogP) is 3.03. The van der Waals surface area contributed by atoms with Crippen molar-refractivity contribution in [2.75, 3.05) is 18.9 Å². The number of aromatic nitrogens is 1. The number of nitrogen functional groups attached to an aromatic ring is 1. The lowest BCUT2D eigenvalue weighted by molar-refractivity contribution is 0.00328. The van der Waals surface area contributed by atoms with E-state index in [9.17, 15) is 0 Å². The lowest BCUT2D eigenvalue weighted by Gasteiger charge is -2.31. The van der Waals surface area contributed by atoms with Gasteiger partial charge in [0.05, 0.1) is 17.2 Å². The number of nitrogens with zero attached hydrogens (tertiary/aromatic N) is 1. The summed E-state index contributed by atoms with van der Waals surface area (Å²) in [4.78, 5) is 4.13. The summed E-state index contributed by atoms with van der Waals surface area (Å²) in [6, 6.07) is 1.86. The van der Waals surface area contributed by atoms with Gasteiger partial charge < -0.3 is 15.8 Å². The molecule has 2 atom stereocenters. The molecule has 2 unspecified atom stereocenters. The van der Waals surface area contributed by atoms with Gasteiger partial charge in [0, 0.05) is 18.4 Å². The van der Waals surface area contributed by atoms with Crippen LogP contribution in [0, 0.1) is 5.92 Å². The third-order valence-electron chi connectivity index (χ3n) is 3.02. The highest BCUT2D eigenvalue weighted by Gasteiger charge is 2.28. The van der Waals surface area contributed by atoms with Gasteiger partial charge in [-0.25, -0.2) is 4.98 Å². The van der Waals surface area contributed by atoms with Crippen LogP contribution < -0.4 is 11.1 Å². The molecular weight excluding hydrogens is 262 g/mol. The second-order valence-corrected chi connectivity index (χ2v) is 5.26. The molecule has 5 heteroatoms. The zero-order valence-electron chi connectivity index (χ0n) is 12.1. The van der Waals surface area contributed by atoms with Gasteiger partial charge in [-0.05, 0) is 25.5 Å². The maximum atomic E-state index is 6.04. The van der Waals surface area contributed by atoms with E-state index in [1.54, 1.807) is 6.20 Å². The molecule has 1 rings (SSSR count). The van der Waals surface area contributed by atoms with E-state index in [4.69, 9.17) is 22.1 Å². The summed E-state index contributed by atoms with van der Waals surface area (Å²) in [5.41, 5.74) is 6.89. The predicted molar refractivity (Wildman–Crippen MR) is 80.3 cm³/mol. The minimum absolute atomic E-state index is 0.00356. The molecule has 0 saturated carbocycles. The van der Waals surface area contributed by atoms with Crippen LogP contribution in [-0.2, 0) is 4.74 Å². The fraction of sp³-hybridized carbons (Fsp3) is 0.643. The van der Waals surface area contributed by atoms with Crippen molar-refractivity contribution in [2.45, 2.75) is 39.8 Å². The number of nitrogens with two attached hydrogens (primary N) is 1. The van der Waals surface area contributed by atoms with Crippen molar-refractivity contribution in [1.82, 2.24) is 10.3 Å². The molecule has 0 saturated heterocycles. The quantitative estimate of drug-likeness (QED) is 0.808. The molecule has 0 aromatic carbocycles. The molecule has 4 nitrogen and oxygen atoms in total. The van der Waals surface area contributed by atoms with Gasteiger partial charge in [0.1, 0.15) is 5.82 Å². The molecule has 1 aromatic rings. The maximum Gasteiger partial charge on any atom is 0.128 e. The molecule has 3 N–H and O–H groups in total. The molecule has 0 fully saturated rings. The van der Waals surface area contributed by atoms with Crippen LogP contribution in [0.15, 0.2) is 12.3 Å². The van der Waals surface area contributed by atoms with E-state index in [0.717, 1.165) is 12.1 Å². The molecule has 1 heterocycles. The molecule has 0 aliphatic heterocycles. The first-order valence-corrected chi connectivity index (χ1v) is 7.14. The van der Waals surface area contributed by atoms with E-state index in [0.29, 0.717) is 23.4 Å². The van der Waals surface area contributed by atoms with Gasteiger partial charge in [0.15, 0.2) is 0 Å². The van der Waals surface area contributed by atoms with Crippen molar-refractivity contribution >= 4 is 17.4 Å². The number of anilines is 1. The van der Waals surface area contributed by atoms with Crippen LogP contribution in [0.3, 0.4) is 0 Å². The van der Waals surface area contributed by atoms with Crippen molar-refractivity contribution in [3.05, 3.63) is 22.8 Å². The first-order chi connectivity index (χ1) is 9.01. The minimum atomic E-state index is -0.00356. The van der Waals surface area contributed by atoms with Crippen molar-refractivity contribution < 1.29 is 4.74 Å². The molecule has 0 spiro atoms. The molecule has 0 radical (unpaired) electrons. The third-order valence-corrected chi connectivity index (χ3v) is 3.23. The van der Waals surface area contributed by atoms with Crippen LogP contribution >= 0.6 is 11.6 Å². The number of hydrogen-bond acceptors (Lipinski definition) is 4. The summed E-state index contributed by atoms with van der Waals surface area (Å²) >= 11 is 6.04. The summed E-state index contributed by atoms with van der Waals surface area (Å²) in [5, 5.41) is 4.02. The molecule has 0 bridgehead atoms. The Bertz CT molecular complexity index is 398. The monoisotopic (exact) mass is 285 g/mol. The topological polar surface area (TPSA) is 60.2 Å². The van der Waals surface area contributed by atoms with Gasteiger partial charge in [-0.1, -0.05) is 32.4 Å². The van der Waals surface area contributed by atoms with E-state index in [1.807, 2.05) is 13.0 Å². The molecule has 0 aliphatic rings. The number of pyridine rings is 1. The van der Waals surface area contributed by atoms with Crippen molar-refractivity contribution in [3.8, 4) is 0 Å². The first kappa shape index (κ1) is 16.2. The zero-order chi connectivity index (χ0) is 14.4. The van der Waals surface area contributed by atoms with Crippen molar-refractivity contribution in [2.24, 2.45) is 5.92 Å². The van der Waals surface area contributed by atoms with Crippen LogP contribution in [0.1, 0.15) is 39.3 Å². The highest BCUT2D eigenvalue weighted by molar-refractivity contribution is 6.30. The molecule has 19 heavy (non-hydrogen) atoms. The molecule has 0 amide bonds. The van der Waals surface area contributed by atoms with Gasteiger partial charge in [0.25, 0.3) is 0 Å². The van der Waals surface area contributed by atoms with E-state index >= 15 is 0 Å². The Balaban J connectivity index is 3.13. The minimum Gasteiger partial charge on any atom is -0.383 e. The average Bonchev–Trinajstić information content (AvgIpc) is 2.36. The van der Waals surface area contributed by atoms with Gasteiger partial charge in [-0.2, -0.15) is 0 Å². The fourth-order valence-electron chi connectivity index (χ4n) is 2.20. The second-order valence-electron chi connectivity index (χ2n) is 4.83. The maximum absolute atomic E-state index is 6.04. The van der Waals surface area contributed by atoms with Crippen molar-refractivity contribution in [3.63, 3.8) is 0 Å². The second kappa shape index (κ2) is 7.68. The number of nitrogens with one attached hydrogen (secondary N) is 1. The van der Waals surface area contributed by atoms with E-state index in [2.05, 4.69) is 31.1 Å². The molecule has 108 valence electrons. The summed E-state index contributed by atoms with van der Waals surface area (Å²) < 4.78 is 5.88. The number of halogens is 1. The number of rotatable bonds is 7. The Labute approximate surface area is 120 Å². The molecule has 0 aliphatic carbocycles. The SMILES string of the molecule is CCNC(c1cc(Cl)cnc1N)C(OCC)C(C)C. The van der Waals surface area contributed by atoms with Gasteiger partial charge >= 0.3 is 0 Å². The summed E-state index contributed by atoms with van der Waals surface area (Å²) in [6.07, 6.45) is 1.60. The Hall–Kier alpha value is -0.840. The van der Waals surface area contributed by atoms with E-state index in [-0.39, 0.29) is 12.1 Å². The Morgan fingerprint density at radius 2 is 2.11 bits per heavy atom. The Kier molecular flexibility index (Phi) is 6.55. The Morgan fingerprint density at radius 1 is 1.42 bits per heavy atom. The summed E-state index contributed by atoms with van der Waals surface area (Å²) in [6.45, 7) is 9.83. The van der Waals surface area contributed by atoms with E-state index in [1.165, 1.54) is 0 Å². The van der Waals surface area contributed by atoms with Crippen LogP contribution in [0.25, 0.3) is 0 Å². The lowest BCUT2D eigenvalue weighted by Crippen LogP contribution is -2.37. The smallest absolute Gasteiger partial charge is 0.128 e. The highest BCUT2D eigenvalue weighted by atomic mass is 35.5. The average molecular weight is 286 g/mol. The van der Waals surface area contributed by atoms with Crippen molar-refractivity contribution in [1.29, 1.82) is 0 Å². The number of ether oxygens (including phenoxy) is 1. The largest absolute Gasteiger partial charge is 0.383 e. The van der Waals surface area contributed by atoms with Crippen LogP contribution in [-0.4, -0.2) is 24.2 Å². The summed E-state index contributed by atoms with van der Waals surface area (Å²) in [5.74, 6) is 0.864. The van der Waals surface area contributed by atoms with Crippen LogP contribution in [0.5, 0.6) is 0 Å².